The standard InChI is InChI=1S/C40H40N2P2Si/c1-33-25-29-35(30-26-33)41(43(37-17-9-5-10-18-37)38-19-11-6-12-20-38)45(3,4)42(36-31-27-34(2)28-32-36)44(39-21-13-7-14-22-39)40-23-15-8-16-24-40/h5-32H,1-4H3. The highest BCUT2D eigenvalue weighted by Gasteiger charge is 2.46. The van der Waals surface area contributed by atoms with Crippen molar-refractivity contribution in [1.29, 1.82) is 0 Å². The van der Waals surface area contributed by atoms with Gasteiger partial charge in [-0.25, -0.2) is 0 Å². The Morgan fingerprint density at radius 3 is 0.844 bits per heavy atom. The van der Waals surface area contributed by atoms with Gasteiger partial charge in [0.1, 0.15) is 0 Å². The van der Waals surface area contributed by atoms with Crippen LogP contribution in [0.4, 0.5) is 11.4 Å². The topological polar surface area (TPSA) is 6.48 Å². The van der Waals surface area contributed by atoms with Gasteiger partial charge in [0, 0.05) is 27.5 Å². The zero-order valence-electron chi connectivity index (χ0n) is 26.5. The zero-order chi connectivity index (χ0) is 31.2. The van der Waals surface area contributed by atoms with E-state index in [9.17, 15) is 0 Å². The van der Waals surface area contributed by atoms with Crippen molar-refractivity contribution in [3.05, 3.63) is 181 Å². The maximum absolute atomic E-state index is 2.84. The first kappa shape index (κ1) is 31.0. The van der Waals surface area contributed by atoms with Crippen LogP contribution in [0, 0.1) is 13.8 Å². The van der Waals surface area contributed by atoms with Gasteiger partial charge in [0.05, 0.1) is 0 Å². The van der Waals surface area contributed by atoms with E-state index in [2.05, 4.69) is 205 Å². The first-order valence-electron chi connectivity index (χ1n) is 15.5. The van der Waals surface area contributed by atoms with Crippen molar-refractivity contribution in [1.82, 2.24) is 0 Å². The van der Waals surface area contributed by atoms with Crippen LogP contribution in [-0.2, 0) is 0 Å². The van der Waals surface area contributed by atoms with Crippen LogP contribution < -0.4 is 29.9 Å². The molecule has 0 aliphatic rings. The number of aryl methyl sites for hydroxylation is 2. The molecule has 0 radical (unpaired) electrons. The Hall–Kier alpha value is -4.00. The van der Waals surface area contributed by atoms with E-state index in [-0.39, 0.29) is 0 Å². The number of anilines is 2. The third kappa shape index (κ3) is 6.82. The molecule has 0 bridgehead atoms. The van der Waals surface area contributed by atoms with Crippen LogP contribution >= 0.6 is 16.1 Å². The minimum absolute atomic E-state index is 0.916. The smallest absolute Gasteiger partial charge is 0.265 e. The van der Waals surface area contributed by atoms with E-state index in [0.717, 1.165) is 0 Å². The Morgan fingerprint density at radius 2 is 0.600 bits per heavy atom. The maximum Gasteiger partial charge on any atom is 0.265 e. The van der Waals surface area contributed by atoms with Gasteiger partial charge in [-0.1, -0.05) is 157 Å². The van der Waals surface area contributed by atoms with E-state index in [1.54, 1.807) is 0 Å². The molecule has 0 amide bonds. The fraction of sp³-hybridized carbons (Fsp3) is 0.100. The first-order valence-corrected chi connectivity index (χ1v) is 21.0. The highest BCUT2D eigenvalue weighted by molar-refractivity contribution is 7.80. The Labute approximate surface area is 272 Å². The Morgan fingerprint density at radius 1 is 0.356 bits per heavy atom. The van der Waals surface area contributed by atoms with Crippen molar-refractivity contribution in [2.24, 2.45) is 0 Å². The number of hydrogen-bond donors (Lipinski definition) is 0. The maximum atomic E-state index is 2.84. The fourth-order valence-electron chi connectivity index (χ4n) is 5.85. The second kappa shape index (κ2) is 14.0. The highest BCUT2D eigenvalue weighted by Crippen LogP contribution is 2.53. The van der Waals surface area contributed by atoms with Gasteiger partial charge in [-0.2, -0.15) is 0 Å². The molecular weight excluding hydrogens is 598 g/mol. The van der Waals surface area contributed by atoms with Crippen LogP contribution in [0.25, 0.3) is 0 Å². The molecule has 0 saturated heterocycles. The molecule has 0 aliphatic carbocycles. The van der Waals surface area contributed by atoms with Gasteiger partial charge >= 0.3 is 0 Å². The van der Waals surface area contributed by atoms with Crippen molar-refractivity contribution >= 4 is 57.1 Å². The second-order valence-electron chi connectivity index (χ2n) is 11.8. The zero-order valence-corrected chi connectivity index (χ0v) is 29.2. The molecule has 0 atom stereocenters. The summed E-state index contributed by atoms with van der Waals surface area (Å²) >= 11 is 0. The van der Waals surface area contributed by atoms with E-state index in [1.165, 1.54) is 43.7 Å². The summed E-state index contributed by atoms with van der Waals surface area (Å²) in [6.45, 7) is 9.46. The lowest BCUT2D eigenvalue weighted by atomic mass is 10.2. The van der Waals surface area contributed by atoms with Crippen LogP contribution in [0.5, 0.6) is 0 Å². The lowest BCUT2D eigenvalue weighted by molar-refractivity contribution is 1.34. The van der Waals surface area contributed by atoms with Crippen LogP contribution in [0.3, 0.4) is 0 Å². The summed E-state index contributed by atoms with van der Waals surface area (Å²) in [4.78, 5) is 0. The van der Waals surface area contributed by atoms with Gasteiger partial charge in [0.25, 0.3) is 8.40 Å². The molecule has 0 aliphatic heterocycles. The van der Waals surface area contributed by atoms with Gasteiger partial charge in [-0.15, -0.1) is 0 Å². The summed E-state index contributed by atoms with van der Waals surface area (Å²) in [6, 6.07) is 63.0. The number of benzene rings is 6. The molecule has 0 unspecified atom stereocenters. The molecule has 2 nitrogen and oxygen atoms in total. The molecule has 0 spiro atoms. The van der Waals surface area contributed by atoms with Gasteiger partial charge in [0.15, 0.2) is 0 Å². The van der Waals surface area contributed by atoms with Crippen molar-refractivity contribution in [3.8, 4) is 0 Å². The van der Waals surface area contributed by atoms with Crippen molar-refractivity contribution in [2.45, 2.75) is 26.9 Å². The summed E-state index contributed by atoms with van der Waals surface area (Å²) in [5, 5.41) is 5.42. The fourth-order valence-corrected chi connectivity index (χ4v) is 17.7. The lowest BCUT2D eigenvalue weighted by Crippen LogP contribution is -2.61. The lowest BCUT2D eigenvalue weighted by Gasteiger charge is -2.53. The molecule has 6 aromatic carbocycles. The van der Waals surface area contributed by atoms with Crippen molar-refractivity contribution in [2.75, 3.05) is 8.67 Å². The van der Waals surface area contributed by atoms with Gasteiger partial charge in [-0.3, -0.25) is 0 Å². The summed E-state index contributed by atoms with van der Waals surface area (Å²) < 4.78 is 5.68. The van der Waals surface area contributed by atoms with Crippen LogP contribution in [-0.4, -0.2) is 8.40 Å². The SMILES string of the molecule is Cc1ccc(N(P(c2ccccc2)c2ccccc2)[Si](C)(C)N(c2ccc(C)cc2)P(c2ccccc2)c2ccccc2)cc1. The normalized spacial score (nSPS) is 11.5. The minimum atomic E-state index is -2.61. The quantitative estimate of drug-likeness (QED) is 0.109. The molecule has 0 N–H and O–H groups in total. The van der Waals surface area contributed by atoms with Crippen LogP contribution in [0.2, 0.25) is 13.1 Å². The van der Waals surface area contributed by atoms with E-state index in [4.69, 9.17) is 0 Å². The minimum Gasteiger partial charge on any atom is -0.352 e. The first-order chi connectivity index (χ1) is 21.9. The molecule has 0 aromatic heterocycles. The second-order valence-corrected chi connectivity index (χ2v) is 20.5. The largest absolute Gasteiger partial charge is 0.352 e. The summed E-state index contributed by atoms with van der Waals surface area (Å²) in [7, 11) is -4.44. The number of rotatable bonds is 10. The average Bonchev–Trinajstić information content (AvgIpc) is 3.08. The Kier molecular flexibility index (Phi) is 9.62. The molecule has 45 heavy (non-hydrogen) atoms. The van der Waals surface area contributed by atoms with E-state index in [0.29, 0.717) is 0 Å². The number of hydrogen-bond acceptors (Lipinski definition) is 2. The van der Waals surface area contributed by atoms with Crippen LogP contribution in [0.15, 0.2) is 170 Å². The highest BCUT2D eigenvalue weighted by atomic mass is 31.1. The summed E-state index contributed by atoms with van der Waals surface area (Å²) in [5.41, 5.74) is 5.08. The molecule has 0 fully saturated rings. The van der Waals surface area contributed by atoms with E-state index >= 15 is 0 Å². The Bertz CT molecular complexity index is 1570. The summed E-state index contributed by atoms with van der Waals surface area (Å²) in [6.07, 6.45) is 0. The van der Waals surface area contributed by atoms with E-state index in [1.807, 2.05) is 0 Å². The van der Waals surface area contributed by atoms with Crippen molar-refractivity contribution < 1.29 is 0 Å². The third-order valence-corrected chi connectivity index (χ3v) is 19.1. The number of nitrogens with zero attached hydrogens (tertiary/aromatic N) is 2. The van der Waals surface area contributed by atoms with Crippen LogP contribution in [0.1, 0.15) is 11.1 Å². The van der Waals surface area contributed by atoms with Gasteiger partial charge in [0.2, 0.25) is 0 Å². The van der Waals surface area contributed by atoms with Gasteiger partial charge in [-0.05, 0) is 72.4 Å². The summed E-state index contributed by atoms with van der Waals surface area (Å²) in [5.74, 6) is 0. The molecule has 224 valence electrons. The predicted molar refractivity (Wildman–Crippen MR) is 203 cm³/mol. The molecule has 6 rings (SSSR count). The molecule has 6 aromatic rings. The molecule has 0 heterocycles. The van der Waals surface area contributed by atoms with Crippen molar-refractivity contribution in [3.63, 3.8) is 0 Å². The average molecular weight is 639 g/mol. The Balaban J connectivity index is 1.66. The third-order valence-electron chi connectivity index (χ3n) is 8.00. The predicted octanol–water partition coefficient (Wildman–Crippen LogP) is 9.41. The molecule has 0 saturated carbocycles. The monoisotopic (exact) mass is 638 g/mol. The van der Waals surface area contributed by atoms with E-state index < -0.39 is 24.5 Å². The molecular formula is C40H40N2P2Si. The van der Waals surface area contributed by atoms with Gasteiger partial charge < -0.3 is 8.67 Å². The molecule has 5 heteroatoms.